The van der Waals surface area contributed by atoms with Gasteiger partial charge in [-0.15, -0.1) is 0 Å². The van der Waals surface area contributed by atoms with Crippen LogP contribution >= 0.6 is 0 Å². The SMILES string of the molecule is CC(=O)NC1=NN(c2cccc(C(F)(F)F)c2)CC1. The first-order valence-electron chi connectivity index (χ1n) is 5.66. The van der Waals surface area contributed by atoms with E-state index in [4.69, 9.17) is 0 Å². The van der Waals surface area contributed by atoms with E-state index in [0.717, 1.165) is 12.1 Å². The van der Waals surface area contributed by atoms with E-state index in [0.29, 0.717) is 24.5 Å². The molecule has 0 fully saturated rings. The van der Waals surface area contributed by atoms with Crippen molar-refractivity contribution in [1.82, 2.24) is 5.32 Å². The molecule has 102 valence electrons. The van der Waals surface area contributed by atoms with E-state index in [1.807, 2.05) is 0 Å². The molecule has 1 aromatic carbocycles. The van der Waals surface area contributed by atoms with Crippen molar-refractivity contribution in [3.8, 4) is 0 Å². The van der Waals surface area contributed by atoms with Crippen molar-refractivity contribution in [1.29, 1.82) is 0 Å². The standard InChI is InChI=1S/C12H12F3N3O/c1-8(19)16-11-5-6-18(17-11)10-4-2-3-9(7-10)12(13,14)15/h2-4,7H,5-6H2,1H3,(H,16,17,19). The summed E-state index contributed by atoms with van der Waals surface area (Å²) >= 11 is 0. The number of nitrogens with one attached hydrogen (secondary N) is 1. The highest BCUT2D eigenvalue weighted by atomic mass is 19.4. The molecule has 0 aromatic heterocycles. The van der Waals surface area contributed by atoms with Crippen molar-refractivity contribution in [2.45, 2.75) is 19.5 Å². The van der Waals surface area contributed by atoms with Crippen LogP contribution in [-0.2, 0) is 11.0 Å². The highest BCUT2D eigenvalue weighted by Gasteiger charge is 2.31. The first-order valence-corrected chi connectivity index (χ1v) is 5.66. The molecule has 1 aliphatic rings. The molecule has 0 spiro atoms. The van der Waals surface area contributed by atoms with Crippen LogP contribution in [0.1, 0.15) is 18.9 Å². The summed E-state index contributed by atoms with van der Waals surface area (Å²) in [6, 6.07) is 4.94. The third kappa shape index (κ3) is 3.24. The molecule has 1 aliphatic heterocycles. The highest BCUT2D eigenvalue weighted by Crippen LogP contribution is 2.32. The average Bonchev–Trinajstić information content (AvgIpc) is 2.76. The van der Waals surface area contributed by atoms with Crippen LogP contribution in [0.2, 0.25) is 0 Å². The van der Waals surface area contributed by atoms with Crippen molar-refractivity contribution in [2.75, 3.05) is 11.6 Å². The average molecular weight is 271 g/mol. The molecule has 0 saturated carbocycles. The summed E-state index contributed by atoms with van der Waals surface area (Å²) in [4.78, 5) is 10.9. The van der Waals surface area contributed by atoms with E-state index in [2.05, 4.69) is 10.4 Å². The Kier molecular flexibility index (Phi) is 3.46. The van der Waals surface area contributed by atoms with Gasteiger partial charge in [0, 0.05) is 19.9 Å². The number of hydrogen-bond donors (Lipinski definition) is 1. The molecular formula is C12H12F3N3O. The van der Waals surface area contributed by atoms with Crippen LogP contribution in [0.4, 0.5) is 18.9 Å². The first kappa shape index (κ1) is 13.4. The Morgan fingerprint density at radius 3 is 2.79 bits per heavy atom. The predicted octanol–water partition coefficient (Wildman–Crippen LogP) is 2.37. The summed E-state index contributed by atoms with van der Waals surface area (Å²) in [5.74, 6) is 0.217. The van der Waals surface area contributed by atoms with Crippen molar-refractivity contribution < 1.29 is 18.0 Å². The summed E-state index contributed by atoms with van der Waals surface area (Å²) in [6.45, 7) is 1.80. The molecule has 2 rings (SSSR count). The summed E-state index contributed by atoms with van der Waals surface area (Å²) in [7, 11) is 0. The van der Waals surface area contributed by atoms with Gasteiger partial charge in [0.2, 0.25) is 5.91 Å². The summed E-state index contributed by atoms with van der Waals surface area (Å²) in [5.41, 5.74) is -0.358. The highest BCUT2D eigenvalue weighted by molar-refractivity contribution is 5.98. The Balaban J connectivity index is 2.20. The molecule has 0 radical (unpaired) electrons. The van der Waals surface area contributed by atoms with Gasteiger partial charge in [0.1, 0.15) is 5.84 Å². The second-order valence-electron chi connectivity index (χ2n) is 4.15. The second kappa shape index (κ2) is 4.91. The van der Waals surface area contributed by atoms with E-state index >= 15 is 0 Å². The van der Waals surface area contributed by atoms with Crippen LogP contribution in [0.25, 0.3) is 0 Å². The minimum atomic E-state index is -4.38. The number of amides is 1. The first-order chi connectivity index (χ1) is 8.86. The number of benzene rings is 1. The Hall–Kier alpha value is -2.05. The van der Waals surface area contributed by atoms with Gasteiger partial charge >= 0.3 is 6.18 Å². The van der Waals surface area contributed by atoms with Gasteiger partial charge in [-0.25, -0.2) is 0 Å². The van der Waals surface area contributed by atoms with E-state index < -0.39 is 11.7 Å². The number of carbonyl (C=O) groups is 1. The van der Waals surface area contributed by atoms with E-state index in [-0.39, 0.29) is 5.91 Å². The molecule has 1 N–H and O–H groups in total. The van der Waals surface area contributed by atoms with Gasteiger partial charge in [-0.3, -0.25) is 9.80 Å². The van der Waals surface area contributed by atoms with Crippen LogP contribution in [0.15, 0.2) is 29.4 Å². The molecule has 0 saturated heterocycles. The zero-order valence-corrected chi connectivity index (χ0v) is 10.2. The zero-order chi connectivity index (χ0) is 14.0. The maximum absolute atomic E-state index is 12.6. The number of halogens is 3. The zero-order valence-electron chi connectivity index (χ0n) is 10.2. The lowest BCUT2D eigenvalue weighted by Gasteiger charge is -2.15. The van der Waals surface area contributed by atoms with Gasteiger partial charge in [0.15, 0.2) is 0 Å². The van der Waals surface area contributed by atoms with Gasteiger partial charge in [-0.1, -0.05) is 6.07 Å². The minimum absolute atomic E-state index is 0.246. The normalized spacial score (nSPS) is 15.4. The number of rotatable bonds is 1. The van der Waals surface area contributed by atoms with Gasteiger partial charge in [-0.2, -0.15) is 18.3 Å². The fraction of sp³-hybridized carbons (Fsp3) is 0.333. The molecule has 19 heavy (non-hydrogen) atoms. The number of nitrogens with zero attached hydrogens (tertiary/aromatic N) is 2. The summed E-state index contributed by atoms with van der Waals surface area (Å²) in [6.07, 6.45) is -3.88. The van der Waals surface area contributed by atoms with Crippen LogP contribution in [0.3, 0.4) is 0 Å². The van der Waals surface area contributed by atoms with E-state index in [1.54, 1.807) is 6.07 Å². The largest absolute Gasteiger partial charge is 0.416 e. The number of hydrogen-bond acceptors (Lipinski definition) is 3. The molecule has 7 heteroatoms. The number of alkyl halides is 3. The number of anilines is 1. The van der Waals surface area contributed by atoms with Crippen molar-refractivity contribution in [2.24, 2.45) is 5.10 Å². The minimum Gasteiger partial charge on any atom is -0.313 e. The molecule has 1 aromatic rings. The maximum atomic E-state index is 12.6. The fourth-order valence-corrected chi connectivity index (χ4v) is 1.78. The quantitative estimate of drug-likeness (QED) is 0.852. The lowest BCUT2D eigenvalue weighted by atomic mass is 10.2. The Morgan fingerprint density at radius 2 is 2.16 bits per heavy atom. The maximum Gasteiger partial charge on any atom is 0.416 e. The van der Waals surface area contributed by atoms with Crippen LogP contribution in [-0.4, -0.2) is 18.3 Å². The topological polar surface area (TPSA) is 44.7 Å². The van der Waals surface area contributed by atoms with Gasteiger partial charge < -0.3 is 5.32 Å². The number of carbonyl (C=O) groups excluding carboxylic acids is 1. The second-order valence-corrected chi connectivity index (χ2v) is 4.15. The van der Waals surface area contributed by atoms with Crippen molar-refractivity contribution in [3.05, 3.63) is 29.8 Å². The molecule has 0 aliphatic carbocycles. The fourth-order valence-electron chi connectivity index (χ4n) is 1.78. The lowest BCUT2D eigenvalue weighted by Crippen LogP contribution is -2.26. The predicted molar refractivity (Wildman–Crippen MR) is 64.7 cm³/mol. The molecule has 0 bridgehead atoms. The molecule has 0 atom stereocenters. The molecule has 4 nitrogen and oxygen atoms in total. The van der Waals surface area contributed by atoms with Gasteiger partial charge in [-0.05, 0) is 18.2 Å². The van der Waals surface area contributed by atoms with E-state index in [9.17, 15) is 18.0 Å². The lowest BCUT2D eigenvalue weighted by molar-refractivity contribution is -0.137. The summed E-state index contributed by atoms with van der Waals surface area (Å²) in [5, 5.41) is 8.05. The Bertz CT molecular complexity index is 525. The number of amidine groups is 1. The molecular weight excluding hydrogens is 259 g/mol. The molecule has 1 heterocycles. The number of hydrazone groups is 1. The summed E-state index contributed by atoms with van der Waals surface area (Å²) < 4.78 is 37.8. The monoisotopic (exact) mass is 271 g/mol. The molecule has 1 amide bonds. The van der Waals surface area contributed by atoms with Crippen molar-refractivity contribution >= 4 is 17.4 Å². The molecule has 0 unspecified atom stereocenters. The van der Waals surface area contributed by atoms with Crippen LogP contribution in [0, 0.1) is 0 Å². The van der Waals surface area contributed by atoms with Crippen LogP contribution in [0.5, 0.6) is 0 Å². The third-order valence-corrected chi connectivity index (χ3v) is 2.59. The van der Waals surface area contributed by atoms with Gasteiger partial charge in [0.05, 0.1) is 11.3 Å². The Morgan fingerprint density at radius 1 is 1.42 bits per heavy atom. The van der Waals surface area contributed by atoms with Crippen LogP contribution < -0.4 is 10.3 Å². The smallest absolute Gasteiger partial charge is 0.313 e. The third-order valence-electron chi connectivity index (χ3n) is 2.59. The van der Waals surface area contributed by atoms with Crippen molar-refractivity contribution in [3.63, 3.8) is 0 Å². The van der Waals surface area contributed by atoms with Gasteiger partial charge in [0.25, 0.3) is 0 Å². The van der Waals surface area contributed by atoms with E-state index in [1.165, 1.54) is 18.0 Å². The Labute approximate surface area is 107 Å².